The number of hydrogen-bond donors (Lipinski definition) is 2. The van der Waals surface area contributed by atoms with E-state index in [4.69, 9.17) is 15.2 Å². The van der Waals surface area contributed by atoms with Crippen LogP contribution in [-0.4, -0.2) is 42.2 Å². The normalized spacial score (nSPS) is 19.8. The third kappa shape index (κ3) is 4.20. The molecule has 2 amide bonds. The molecule has 8 heteroatoms. The molecule has 138 valence electrons. The molecule has 7 nitrogen and oxygen atoms in total. The van der Waals surface area contributed by atoms with Crippen LogP contribution in [-0.2, 0) is 4.74 Å². The van der Waals surface area contributed by atoms with E-state index in [-0.39, 0.29) is 18.1 Å². The molecule has 0 radical (unpaired) electrons. The minimum absolute atomic E-state index is 0.165. The molecule has 0 unspecified atom stereocenters. The van der Waals surface area contributed by atoms with Gasteiger partial charge < -0.3 is 20.5 Å². The van der Waals surface area contributed by atoms with Crippen molar-refractivity contribution in [3.05, 3.63) is 45.4 Å². The van der Waals surface area contributed by atoms with Crippen LogP contribution in [0.5, 0.6) is 5.75 Å². The van der Waals surface area contributed by atoms with E-state index in [0.29, 0.717) is 35.8 Å². The van der Waals surface area contributed by atoms with Gasteiger partial charge in [-0.05, 0) is 38.1 Å². The zero-order chi connectivity index (χ0) is 18.7. The summed E-state index contributed by atoms with van der Waals surface area (Å²) in [5.41, 5.74) is 6.39. The van der Waals surface area contributed by atoms with Crippen molar-refractivity contribution in [1.82, 2.24) is 10.3 Å². The second kappa shape index (κ2) is 7.84. The molecule has 3 rings (SSSR count). The number of nitrogens with zero attached hydrogens (tertiary/aromatic N) is 1. The topological polar surface area (TPSA) is 104 Å². The lowest BCUT2D eigenvalue weighted by atomic mass is 10.1. The summed E-state index contributed by atoms with van der Waals surface area (Å²) in [5.74, 6) is -0.0322. The fourth-order valence-electron chi connectivity index (χ4n) is 2.84. The Morgan fingerprint density at radius 2 is 2.04 bits per heavy atom. The second-order valence-electron chi connectivity index (χ2n) is 6.14. The predicted octanol–water partition coefficient (Wildman–Crippen LogP) is 1.83. The van der Waals surface area contributed by atoms with Gasteiger partial charge in [-0.15, -0.1) is 11.3 Å². The summed E-state index contributed by atoms with van der Waals surface area (Å²) in [5, 5.41) is 3.85. The number of aryl methyl sites for hydroxylation is 2. The minimum atomic E-state index is -0.483. The lowest BCUT2D eigenvalue weighted by Gasteiger charge is -2.32. The van der Waals surface area contributed by atoms with Crippen LogP contribution in [0.3, 0.4) is 0 Å². The van der Waals surface area contributed by atoms with Gasteiger partial charge in [0.05, 0.1) is 30.0 Å². The van der Waals surface area contributed by atoms with Gasteiger partial charge in [0.2, 0.25) is 5.91 Å². The Bertz CT molecular complexity index is 803. The number of rotatable bonds is 5. The Balaban J connectivity index is 1.68. The van der Waals surface area contributed by atoms with Gasteiger partial charge in [-0.2, -0.15) is 0 Å². The molecular weight excluding hydrogens is 354 g/mol. The van der Waals surface area contributed by atoms with Crippen LogP contribution in [0, 0.1) is 13.8 Å². The maximum absolute atomic E-state index is 12.6. The van der Waals surface area contributed by atoms with E-state index in [9.17, 15) is 9.59 Å². The van der Waals surface area contributed by atoms with Gasteiger partial charge in [0.25, 0.3) is 5.91 Å². The van der Waals surface area contributed by atoms with Gasteiger partial charge >= 0.3 is 0 Å². The van der Waals surface area contributed by atoms with Crippen molar-refractivity contribution in [2.45, 2.75) is 32.4 Å². The van der Waals surface area contributed by atoms with Crippen LogP contribution < -0.4 is 15.8 Å². The number of ether oxygens (including phenoxy) is 2. The number of thiazole rings is 1. The fourth-order valence-corrected chi connectivity index (χ4v) is 3.67. The summed E-state index contributed by atoms with van der Waals surface area (Å²) < 4.78 is 11.5. The molecule has 1 aromatic heterocycles. The Morgan fingerprint density at radius 3 is 2.65 bits per heavy atom. The van der Waals surface area contributed by atoms with Crippen LogP contribution >= 0.6 is 11.3 Å². The molecule has 2 aromatic rings. The average molecular weight is 375 g/mol. The summed E-state index contributed by atoms with van der Waals surface area (Å²) in [6, 6.07) is 6.37. The standard InChI is InChI=1S/C18H21N3O4S/c1-10-16(26-11(2)20-10)18(23)21-14-9-24-8-7-15(14)25-13-5-3-12(4-6-13)17(19)22/h3-6,14-15H,7-9H2,1-2H3,(H2,19,22)(H,21,23)/t14-,15-/m1/s1. The fraction of sp³-hybridized carbons (Fsp3) is 0.389. The Labute approximate surface area is 155 Å². The van der Waals surface area contributed by atoms with Crippen molar-refractivity contribution in [2.75, 3.05) is 13.2 Å². The molecule has 2 heterocycles. The SMILES string of the molecule is Cc1nc(C)c(C(=O)N[C@@H]2COCC[C@H]2Oc2ccc(C(N)=O)cc2)s1. The maximum Gasteiger partial charge on any atom is 0.263 e. The van der Waals surface area contributed by atoms with Crippen LogP contribution in [0.2, 0.25) is 0 Å². The summed E-state index contributed by atoms with van der Waals surface area (Å²) in [4.78, 5) is 28.6. The zero-order valence-corrected chi connectivity index (χ0v) is 15.5. The van der Waals surface area contributed by atoms with Crippen LogP contribution in [0.1, 0.15) is 37.2 Å². The van der Waals surface area contributed by atoms with E-state index in [1.54, 1.807) is 24.3 Å². The molecule has 1 fully saturated rings. The molecule has 1 saturated heterocycles. The van der Waals surface area contributed by atoms with Crippen molar-refractivity contribution in [2.24, 2.45) is 5.73 Å². The zero-order valence-electron chi connectivity index (χ0n) is 14.7. The first-order valence-corrected chi connectivity index (χ1v) is 9.15. The third-order valence-corrected chi connectivity index (χ3v) is 5.22. The highest BCUT2D eigenvalue weighted by Gasteiger charge is 2.30. The molecule has 1 aliphatic rings. The number of amides is 2. The summed E-state index contributed by atoms with van der Waals surface area (Å²) >= 11 is 1.37. The molecule has 1 aliphatic heterocycles. The van der Waals surface area contributed by atoms with Crippen LogP contribution in [0.15, 0.2) is 24.3 Å². The molecule has 0 aliphatic carbocycles. The number of nitrogens with two attached hydrogens (primary N) is 1. The van der Waals surface area contributed by atoms with Gasteiger partial charge in [-0.25, -0.2) is 4.98 Å². The highest BCUT2D eigenvalue weighted by molar-refractivity contribution is 7.13. The third-order valence-electron chi connectivity index (χ3n) is 4.15. The number of benzene rings is 1. The van der Waals surface area contributed by atoms with Crippen molar-refractivity contribution >= 4 is 23.2 Å². The van der Waals surface area contributed by atoms with Gasteiger partial charge in [0, 0.05) is 12.0 Å². The average Bonchev–Trinajstić information content (AvgIpc) is 2.95. The van der Waals surface area contributed by atoms with E-state index in [1.807, 2.05) is 13.8 Å². The van der Waals surface area contributed by atoms with Gasteiger partial charge in [-0.3, -0.25) is 9.59 Å². The van der Waals surface area contributed by atoms with Gasteiger partial charge in [-0.1, -0.05) is 0 Å². The molecule has 0 spiro atoms. The summed E-state index contributed by atoms with van der Waals surface area (Å²) in [6.45, 7) is 4.64. The van der Waals surface area contributed by atoms with E-state index in [0.717, 1.165) is 10.7 Å². The molecule has 0 bridgehead atoms. The van der Waals surface area contributed by atoms with E-state index in [1.165, 1.54) is 11.3 Å². The Kier molecular flexibility index (Phi) is 5.53. The van der Waals surface area contributed by atoms with E-state index in [2.05, 4.69) is 10.3 Å². The molecule has 0 saturated carbocycles. The van der Waals surface area contributed by atoms with Crippen LogP contribution in [0.4, 0.5) is 0 Å². The summed E-state index contributed by atoms with van der Waals surface area (Å²) in [7, 11) is 0. The summed E-state index contributed by atoms with van der Waals surface area (Å²) in [6.07, 6.45) is 0.435. The number of carbonyl (C=O) groups is 2. The predicted molar refractivity (Wildman–Crippen MR) is 97.7 cm³/mol. The smallest absolute Gasteiger partial charge is 0.263 e. The van der Waals surface area contributed by atoms with E-state index < -0.39 is 5.91 Å². The molecular formula is C18H21N3O4S. The minimum Gasteiger partial charge on any atom is -0.488 e. The van der Waals surface area contributed by atoms with Crippen LogP contribution in [0.25, 0.3) is 0 Å². The monoisotopic (exact) mass is 375 g/mol. The molecule has 3 N–H and O–H groups in total. The molecule has 26 heavy (non-hydrogen) atoms. The quantitative estimate of drug-likeness (QED) is 0.830. The van der Waals surface area contributed by atoms with E-state index >= 15 is 0 Å². The highest BCUT2D eigenvalue weighted by atomic mass is 32.1. The highest BCUT2D eigenvalue weighted by Crippen LogP contribution is 2.21. The number of carbonyl (C=O) groups excluding carboxylic acids is 2. The Morgan fingerprint density at radius 1 is 1.31 bits per heavy atom. The van der Waals surface area contributed by atoms with Gasteiger partial charge in [0.1, 0.15) is 16.7 Å². The lowest BCUT2D eigenvalue weighted by molar-refractivity contribution is -0.00284. The number of primary amides is 1. The largest absolute Gasteiger partial charge is 0.488 e. The first kappa shape index (κ1) is 18.3. The van der Waals surface area contributed by atoms with Crippen molar-refractivity contribution in [3.8, 4) is 5.75 Å². The molecule has 2 atom stereocenters. The lowest BCUT2D eigenvalue weighted by Crippen LogP contribution is -2.51. The first-order chi connectivity index (χ1) is 12.4. The second-order valence-corrected chi connectivity index (χ2v) is 7.34. The van der Waals surface area contributed by atoms with Crippen molar-refractivity contribution < 1.29 is 19.1 Å². The van der Waals surface area contributed by atoms with Crippen molar-refractivity contribution in [1.29, 1.82) is 0 Å². The van der Waals surface area contributed by atoms with Gasteiger partial charge in [0.15, 0.2) is 0 Å². The maximum atomic E-state index is 12.6. The Hall–Kier alpha value is -2.45. The molecule has 1 aromatic carbocycles. The first-order valence-electron chi connectivity index (χ1n) is 8.33. The van der Waals surface area contributed by atoms with Crippen molar-refractivity contribution in [3.63, 3.8) is 0 Å². The number of aromatic nitrogens is 1. The number of hydrogen-bond acceptors (Lipinski definition) is 6. The number of nitrogens with one attached hydrogen (secondary N) is 1.